The molecule has 0 radical (unpaired) electrons. The van der Waals surface area contributed by atoms with E-state index in [0.717, 1.165) is 25.6 Å². The van der Waals surface area contributed by atoms with E-state index in [0.29, 0.717) is 0 Å². The standard InChI is InChI=1S/C18H28N2/c1-4-11-19-14-17-13-16-9-5-6-10-18(16)20(17)12-7-8-15(2)3/h5-6,9-10,13,15,19H,4,7-8,11-12,14H2,1-3H3. The molecule has 0 spiro atoms. The van der Waals surface area contributed by atoms with Crippen LogP contribution in [0.5, 0.6) is 0 Å². The number of rotatable bonds is 8. The molecule has 0 unspecified atom stereocenters. The van der Waals surface area contributed by atoms with Gasteiger partial charge >= 0.3 is 0 Å². The van der Waals surface area contributed by atoms with Crippen LogP contribution in [0.3, 0.4) is 0 Å². The summed E-state index contributed by atoms with van der Waals surface area (Å²) in [5.74, 6) is 0.790. The zero-order valence-electron chi connectivity index (χ0n) is 13.2. The molecule has 0 bridgehead atoms. The normalized spacial score (nSPS) is 11.6. The second-order valence-corrected chi connectivity index (χ2v) is 6.06. The topological polar surface area (TPSA) is 17.0 Å². The number of aryl methyl sites for hydroxylation is 1. The molecule has 0 fully saturated rings. The summed E-state index contributed by atoms with van der Waals surface area (Å²) in [6, 6.07) is 11.1. The fourth-order valence-electron chi connectivity index (χ4n) is 2.73. The highest BCUT2D eigenvalue weighted by atomic mass is 15.0. The Balaban J connectivity index is 2.15. The van der Waals surface area contributed by atoms with Gasteiger partial charge in [0.25, 0.3) is 0 Å². The van der Waals surface area contributed by atoms with Crippen molar-refractivity contribution >= 4 is 10.9 Å². The Morgan fingerprint density at radius 3 is 2.75 bits per heavy atom. The molecular weight excluding hydrogens is 244 g/mol. The molecule has 0 aliphatic carbocycles. The van der Waals surface area contributed by atoms with E-state index >= 15 is 0 Å². The lowest BCUT2D eigenvalue weighted by Gasteiger charge is -2.12. The van der Waals surface area contributed by atoms with Crippen LogP contribution in [0.15, 0.2) is 30.3 Å². The summed E-state index contributed by atoms with van der Waals surface area (Å²) in [5.41, 5.74) is 2.80. The van der Waals surface area contributed by atoms with Crippen molar-refractivity contribution in [2.24, 2.45) is 5.92 Å². The van der Waals surface area contributed by atoms with Gasteiger partial charge in [-0.2, -0.15) is 0 Å². The van der Waals surface area contributed by atoms with E-state index in [1.165, 1.54) is 35.9 Å². The fraction of sp³-hybridized carbons (Fsp3) is 0.556. The summed E-state index contributed by atoms with van der Waals surface area (Å²) >= 11 is 0. The molecule has 1 heterocycles. The summed E-state index contributed by atoms with van der Waals surface area (Å²) in [7, 11) is 0. The van der Waals surface area contributed by atoms with Crippen LogP contribution < -0.4 is 5.32 Å². The van der Waals surface area contributed by atoms with Gasteiger partial charge < -0.3 is 9.88 Å². The lowest BCUT2D eigenvalue weighted by molar-refractivity contribution is 0.507. The maximum absolute atomic E-state index is 3.53. The summed E-state index contributed by atoms with van der Waals surface area (Å²) in [6.07, 6.45) is 3.75. The van der Waals surface area contributed by atoms with Gasteiger partial charge in [0.15, 0.2) is 0 Å². The highest BCUT2D eigenvalue weighted by Crippen LogP contribution is 2.21. The summed E-state index contributed by atoms with van der Waals surface area (Å²) in [6.45, 7) is 10.0. The molecule has 0 atom stereocenters. The van der Waals surface area contributed by atoms with E-state index in [-0.39, 0.29) is 0 Å². The lowest BCUT2D eigenvalue weighted by Crippen LogP contribution is -2.17. The van der Waals surface area contributed by atoms with E-state index in [4.69, 9.17) is 0 Å². The van der Waals surface area contributed by atoms with Gasteiger partial charge in [0.1, 0.15) is 0 Å². The van der Waals surface area contributed by atoms with Crippen molar-refractivity contribution in [1.82, 2.24) is 9.88 Å². The SMILES string of the molecule is CCCNCc1cc2ccccc2n1CCCC(C)C. The van der Waals surface area contributed by atoms with Crippen LogP contribution >= 0.6 is 0 Å². The van der Waals surface area contributed by atoms with Gasteiger partial charge in [-0.25, -0.2) is 0 Å². The first-order valence-electron chi connectivity index (χ1n) is 8.00. The summed E-state index contributed by atoms with van der Waals surface area (Å²) < 4.78 is 2.50. The first-order chi connectivity index (χ1) is 9.72. The van der Waals surface area contributed by atoms with Crippen molar-refractivity contribution in [3.05, 3.63) is 36.0 Å². The molecule has 2 rings (SSSR count). The minimum atomic E-state index is 0.790. The fourth-order valence-corrected chi connectivity index (χ4v) is 2.73. The maximum Gasteiger partial charge on any atom is 0.0482 e. The van der Waals surface area contributed by atoms with E-state index in [2.05, 4.69) is 61.0 Å². The van der Waals surface area contributed by atoms with Crippen LogP contribution in [0.1, 0.15) is 45.7 Å². The van der Waals surface area contributed by atoms with Crippen molar-refractivity contribution in [3.8, 4) is 0 Å². The Morgan fingerprint density at radius 2 is 2.00 bits per heavy atom. The van der Waals surface area contributed by atoms with Crippen molar-refractivity contribution in [3.63, 3.8) is 0 Å². The molecule has 2 heteroatoms. The molecule has 2 aromatic rings. The molecule has 1 aromatic heterocycles. The van der Waals surface area contributed by atoms with Crippen LogP contribution in [-0.2, 0) is 13.1 Å². The quantitative estimate of drug-likeness (QED) is 0.696. The van der Waals surface area contributed by atoms with Crippen LogP contribution in [0.2, 0.25) is 0 Å². The third-order valence-electron chi connectivity index (χ3n) is 3.79. The van der Waals surface area contributed by atoms with Crippen LogP contribution in [-0.4, -0.2) is 11.1 Å². The lowest BCUT2D eigenvalue weighted by atomic mass is 10.1. The number of para-hydroxylation sites is 1. The highest BCUT2D eigenvalue weighted by molar-refractivity contribution is 5.81. The van der Waals surface area contributed by atoms with E-state index in [9.17, 15) is 0 Å². The van der Waals surface area contributed by atoms with Gasteiger partial charge in [-0.05, 0) is 49.2 Å². The third-order valence-corrected chi connectivity index (χ3v) is 3.79. The zero-order valence-corrected chi connectivity index (χ0v) is 13.2. The Labute approximate surface area is 123 Å². The minimum absolute atomic E-state index is 0.790. The highest BCUT2D eigenvalue weighted by Gasteiger charge is 2.08. The van der Waals surface area contributed by atoms with Gasteiger partial charge in [0.2, 0.25) is 0 Å². The van der Waals surface area contributed by atoms with Gasteiger partial charge in [-0.1, -0.05) is 39.0 Å². The molecule has 0 aliphatic heterocycles. The molecule has 0 saturated heterocycles. The Kier molecular flexibility index (Phi) is 5.66. The largest absolute Gasteiger partial charge is 0.343 e. The van der Waals surface area contributed by atoms with Crippen LogP contribution in [0, 0.1) is 5.92 Å². The van der Waals surface area contributed by atoms with Gasteiger partial charge in [-0.15, -0.1) is 0 Å². The molecule has 1 N–H and O–H groups in total. The van der Waals surface area contributed by atoms with E-state index in [1.54, 1.807) is 0 Å². The number of benzene rings is 1. The van der Waals surface area contributed by atoms with E-state index < -0.39 is 0 Å². The van der Waals surface area contributed by atoms with Crippen molar-refractivity contribution in [1.29, 1.82) is 0 Å². The van der Waals surface area contributed by atoms with Gasteiger partial charge in [0.05, 0.1) is 0 Å². The molecule has 0 saturated carbocycles. The summed E-state index contributed by atoms with van der Waals surface area (Å²) in [5, 5.41) is 4.90. The Morgan fingerprint density at radius 1 is 1.20 bits per heavy atom. The third kappa shape index (κ3) is 3.86. The first kappa shape index (κ1) is 15.1. The number of nitrogens with one attached hydrogen (secondary N) is 1. The first-order valence-corrected chi connectivity index (χ1v) is 8.00. The molecular formula is C18H28N2. The molecule has 0 amide bonds. The molecule has 2 nitrogen and oxygen atoms in total. The number of nitrogens with zero attached hydrogens (tertiary/aromatic N) is 1. The second-order valence-electron chi connectivity index (χ2n) is 6.06. The minimum Gasteiger partial charge on any atom is -0.343 e. The molecule has 110 valence electrons. The van der Waals surface area contributed by atoms with Crippen LogP contribution in [0.4, 0.5) is 0 Å². The Hall–Kier alpha value is -1.28. The average Bonchev–Trinajstić information content (AvgIpc) is 2.77. The number of hydrogen-bond donors (Lipinski definition) is 1. The van der Waals surface area contributed by atoms with Crippen molar-refractivity contribution in [2.45, 2.75) is 53.1 Å². The average molecular weight is 272 g/mol. The van der Waals surface area contributed by atoms with Gasteiger partial charge in [0, 0.05) is 24.3 Å². The van der Waals surface area contributed by atoms with E-state index in [1.807, 2.05) is 0 Å². The molecule has 20 heavy (non-hydrogen) atoms. The monoisotopic (exact) mass is 272 g/mol. The smallest absolute Gasteiger partial charge is 0.0482 e. The van der Waals surface area contributed by atoms with Crippen molar-refractivity contribution in [2.75, 3.05) is 6.54 Å². The summed E-state index contributed by atoms with van der Waals surface area (Å²) in [4.78, 5) is 0. The number of fused-ring (bicyclic) bond motifs is 1. The second kappa shape index (κ2) is 7.49. The van der Waals surface area contributed by atoms with Crippen LogP contribution in [0.25, 0.3) is 10.9 Å². The zero-order chi connectivity index (χ0) is 14.4. The predicted octanol–water partition coefficient (Wildman–Crippen LogP) is 4.58. The van der Waals surface area contributed by atoms with Crippen molar-refractivity contribution < 1.29 is 0 Å². The maximum atomic E-state index is 3.53. The Bertz CT molecular complexity index is 525. The predicted molar refractivity (Wildman–Crippen MR) is 88.0 cm³/mol. The molecule has 1 aromatic carbocycles. The molecule has 0 aliphatic rings. The number of hydrogen-bond acceptors (Lipinski definition) is 1. The number of aromatic nitrogens is 1. The van der Waals surface area contributed by atoms with Gasteiger partial charge in [-0.3, -0.25) is 0 Å².